The van der Waals surface area contributed by atoms with Crippen molar-refractivity contribution in [2.45, 2.75) is 52.2 Å². The highest BCUT2D eigenvalue weighted by Gasteiger charge is 2.26. The Hall–Kier alpha value is -4.06. The summed E-state index contributed by atoms with van der Waals surface area (Å²) in [6.07, 6.45) is 13.9. The van der Waals surface area contributed by atoms with Crippen molar-refractivity contribution in [3.8, 4) is 35.2 Å². The maximum absolute atomic E-state index is 13.8. The maximum Gasteiger partial charge on any atom is 0.232 e. The highest BCUT2D eigenvalue weighted by Crippen LogP contribution is 2.36. The van der Waals surface area contributed by atoms with Gasteiger partial charge in [0.1, 0.15) is 5.83 Å². The van der Waals surface area contributed by atoms with E-state index in [1.165, 1.54) is 31.1 Å². The van der Waals surface area contributed by atoms with Gasteiger partial charge in [-0.15, -0.1) is 11.5 Å². The van der Waals surface area contributed by atoms with Gasteiger partial charge >= 0.3 is 0 Å². The average Bonchev–Trinajstić information content (AvgIpc) is 3.47. The normalized spacial score (nSPS) is 14.7. The van der Waals surface area contributed by atoms with Gasteiger partial charge < -0.3 is 15.2 Å². The van der Waals surface area contributed by atoms with Crippen molar-refractivity contribution in [3.63, 3.8) is 0 Å². The van der Waals surface area contributed by atoms with Crippen LogP contribution in [-0.2, 0) is 13.0 Å². The second kappa shape index (κ2) is 11.1. The molecule has 0 saturated heterocycles. The summed E-state index contributed by atoms with van der Waals surface area (Å²) >= 11 is 0. The third-order valence-corrected chi connectivity index (χ3v) is 6.03. The van der Waals surface area contributed by atoms with Crippen LogP contribution in [0.3, 0.4) is 0 Å². The molecule has 0 aromatic carbocycles. The average molecular weight is 491 g/mol. The Labute approximate surface area is 210 Å². The van der Waals surface area contributed by atoms with Crippen molar-refractivity contribution in [2.24, 2.45) is 5.92 Å². The molecule has 0 aliphatic heterocycles. The number of nitrogens with zero attached hydrogens (tertiary/aromatic N) is 4. The van der Waals surface area contributed by atoms with Gasteiger partial charge in [0, 0.05) is 48.5 Å². The van der Waals surface area contributed by atoms with Crippen LogP contribution in [0.2, 0.25) is 0 Å². The van der Waals surface area contributed by atoms with Crippen molar-refractivity contribution >= 4 is 5.82 Å². The summed E-state index contributed by atoms with van der Waals surface area (Å²) in [5.74, 6) is 3.73. The lowest BCUT2D eigenvalue weighted by Crippen LogP contribution is -2.13. The third kappa shape index (κ3) is 6.13. The van der Waals surface area contributed by atoms with Crippen molar-refractivity contribution in [3.05, 3.63) is 59.3 Å². The van der Waals surface area contributed by atoms with Gasteiger partial charge in [0.2, 0.25) is 5.88 Å². The topological polar surface area (TPSA) is 104 Å². The van der Waals surface area contributed by atoms with Crippen molar-refractivity contribution in [1.29, 1.82) is 0 Å². The number of terminal acetylenes is 1. The first-order valence-electron chi connectivity index (χ1n) is 11.9. The zero-order valence-corrected chi connectivity index (χ0v) is 20.8. The number of nitrogen functional groups attached to an aromatic ring is 1. The number of nitrogens with one attached hydrogen (secondary N) is 1. The van der Waals surface area contributed by atoms with Crippen LogP contribution >= 0.6 is 0 Å². The number of rotatable bonds is 11. The van der Waals surface area contributed by atoms with Gasteiger partial charge in [0.15, 0.2) is 11.6 Å². The zero-order valence-electron chi connectivity index (χ0n) is 20.8. The van der Waals surface area contributed by atoms with Crippen LogP contribution in [0, 0.1) is 25.2 Å². The molecule has 188 valence electrons. The smallest absolute Gasteiger partial charge is 0.232 e. The van der Waals surface area contributed by atoms with Crippen LogP contribution in [0.25, 0.3) is 11.3 Å². The number of hydrogen-bond acceptors (Lipinski definition) is 6. The Balaban J connectivity index is 1.63. The lowest BCUT2D eigenvalue weighted by molar-refractivity contribution is 0.225. The number of aromatic nitrogens is 5. The number of nitrogens with two attached hydrogens (primary N) is 1. The van der Waals surface area contributed by atoms with E-state index in [2.05, 4.69) is 25.8 Å². The predicted molar refractivity (Wildman–Crippen MR) is 137 cm³/mol. The summed E-state index contributed by atoms with van der Waals surface area (Å²) in [7, 11) is 1.59. The molecule has 1 aliphatic carbocycles. The fourth-order valence-corrected chi connectivity index (χ4v) is 3.97. The minimum absolute atomic E-state index is 0.270. The van der Waals surface area contributed by atoms with Gasteiger partial charge in [-0.1, -0.05) is 5.92 Å². The van der Waals surface area contributed by atoms with Crippen molar-refractivity contribution in [2.75, 3.05) is 12.8 Å². The minimum Gasteiger partial charge on any atom is -0.487 e. The summed E-state index contributed by atoms with van der Waals surface area (Å²) in [6.45, 7) is 4.70. The largest absolute Gasteiger partial charge is 0.487 e. The standard InChI is InChI=1S/C27H31FN6O2/c1-5-6-7-21(28)11-8-17(2)36-24-12-20(15-30-27(24)29)26-23(13-22-14-25(35-4)32-31-22)18(3)33-34(26)16-19-9-10-19/h1,6-7,11-12,14-15,17,19H,8-10,13,16H2,2-4H3,(H2,29,30)(H,31,32)/b7-6-,21-11+. The Morgan fingerprint density at radius 2 is 2.22 bits per heavy atom. The SMILES string of the molecule is C#C/C=C\C(F)=C/CC(C)Oc1cc(-c2c(Cc3cc(OC)n[nH]3)c(C)nn2CC2CC2)cnc1N. The van der Waals surface area contributed by atoms with E-state index >= 15 is 0 Å². The Morgan fingerprint density at radius 3 is 2.92 bits per heavy atom. The van der Waals surface area contributed by atoms with E-state index in [-0.39, 0.29) is 11.9 Å². The summed E-state index contributed by atoms with van der Waals surface area (Å²) in [5, 5.41) is 12.1. The molecule has 1 fully saturated rings. The predicted octanol–water partition coefficient (Wildman–Crippen LogP) is 4.77. The molecular weight excluding hydrogens is 459 g/mol. The van der Waals surface area contributed by atoms with Crippen molar-refractivity contribution < 1.29 is 13.9 Å². The lowest BCUT2D eigenvalue weighted by atomic mass is 10.0. The van der Waals surface area contributed by atoms with E-state index < -0.39 is 5.83 Å². The fraction of sp³-hybridized carbons (Fsp3) is 0.370. The third-order valence-electron chi connectivity index (χ3n) is 6.03. The van der Waals surface area contributed by atoms with Gasteiger partial charge in [0.05, 0.1) is 24.6 Å². The lowest BCUT2D eigenvalue weighted by Gasteiger charge is -2.16. The second-order valence-electron chi connectivity index (χ2n) is 9.01. The molecular formula is C27H31FN6O2. The number of aromatic amines is 1. The van der Waals surface area contributed by atoms with Gasteiger partial charge in [-0.2, -0.15) is 5.10 Å². The maximum atomic E-state index is 13.8. The van der Waals surface area contributed by atoms with Gasteiger partial charge in [-0.3, -0.25) is 9.78 Å². The number of ether oxygens (including phenoxy) is 2. The van der Waals surface area contributed by atoms with Crippen LogP contribution < -0.4 is 15.2 Å². The molecule has 1 saturated carbocycles. The Morgan fingerprint density at radius 1 is 1.42 bits per heavy atom. The van der Waals surface area contributed by atoms with E-state index in [0.29, 0.717) is 30.4 Å². The molecule has 1 aliphatic rings. The first-order chi connectivity index (χ1) is 17.4. The van der Waals surface area contributed by atoms with Crippen LogP contribution in [0.5, 0.6) is 11.6 Å². The molecule has 0 radical (unpaired) electrons. The fourth-order valence-electron chi connectivity index (χ4n) is 3.97. The number of allylic oxidation sites excluding steroid dienone is 3. The Bertz CT molecular complexity index is 1310. The molecule has 1 atom stereocenters. The van der Waals surface area contributed by atoms with E-state index in [0.717, 1.165) is 34.8 Å². The molecule has 3 heterocycles. The molecule has 0 bridgehead atoms. The molecule has 3 N–H and O–H groups in total. The van der Waals surface area contributed by atoms with Gasteiger partial charge in [-0.05, 0) is 56.9 Å². The van der Waals surface area contributed by atoms with E-state index in [1.807, 2.05) is 26.0 Å². The van der Waals surface area contributed by atoms with E-state index in [4.69, 9.17) is 26.7 Å². The highest BCUT2D eigenvalue weighted by atomic mass is 19.1. The van der Waals surface area contributed by atoms with Crippen LogP contribution in [-0.4, -0.2) is 38.2 Å². The first kappa shape index (κ1) is 25.0. The molecule has 36 heavy (non-hydrogen) atoms. The number of aryl methyl sites for hydroxylation is 1. The summed E-state index contributed by atoms with van der Waals surface area (Å²) in [4.78, 5) is 4.40. The summed E-state index contributed by atoms with van der Waals surface area (Å²) in [5.41, 5.74) is 10.9. The summed E-state index contributed by atoms with van der Waals surface area (Å²) < 4.78 is 27.2. The van der Waals surface area contributed by atoms with Crippen LogP contribution in [0.4, 0.5) is 10.2 Å². The number of H-pyrrole nitrogens is 1. The first-order valence-corrected chi connectivity index (χ1v) is 11.9. The number of hydrogen-bond donors (Lipinski definition) is 2. The molecule has 0 spiro atoms. The molecule has 4 rings (SSSR count). The van der Waals surface area contributed by atoms with Crippen molar-refractivity contribution in [1.82, 2.24) is 25.0 Å². The molecule has 1 unspecified atom stereocenters. The highest BCUT2D eigenvalue weighted by molar-refractivity contribution is 5.68. The molecule has 3 aromatic rings. The molecule has 3 aromatic heterocycles. The second-order valence-corrected chi connectivity index (χ2v) is 9.01. The quantitative estimate of drug-likeness (QED) is 0.296. The molecule has 0 amide bonds. The van der Waals surface area contributed by atoms with Crippen LogP contribution in [0.15, 0.2) is 42.4 Å². The number of anilines is 1. The number of pyridine rings is 1. The van der Waals surface area contributed by atoms with Gasteiger partial charge in [0.25, 0.3) is 0 Å². The number of halogens is 1. The van der Waals surface area contributed by atoms with E-state index in [1.54, 1.807) is 13.3 Å². The van der Waals surface area contributed by atoms with E-state index in [9.17, 15) is 4.39 Å². The monoisotopic (exact) mass is 490 g/mol. The zero-order chi connectivity index (χ0) is 25.7. The Kier molecular flexibility index (Phi) is 7.74. The molecule has 8 nitrogen and oxygen atoms in total. The minimum atomic E-state index is -0.414. The summed E-state index contributed by atoms with van der Waals surface area (Å²) in [6, 6.07) is 3.76. The molecule has 9 heteroatoms. The number of methoxy groups -OCH3 is 1. The van der Waals surface area contributed by atoms with Crippen LogP contribution in [0.1, 0.15) is 43.1 Å². The van der Waals surface area contributed by atoms with Gasteiger partial charge in [-0.25, -0.2) is 9.37 Å².